The minimum absolute atomic E-state index is 0. The molecule has 0 atom stereocenters. The highest BCUT2D eigenvalue weighted by atomic mass is 35.5. The van der Waals surface area contributed by atoms with Crippen molar-refractivity contribution in [1.29, 1.82) is 0 Å². The van der Waals surface area contributed by atoms with E-state index >= 15 is 0 Å². The number of hydrogen-bond donors (Lipinski definition) is 2. The third-order valence-electron chi connectivity index (χ3n) is 5.29. The molecule has 2 N–H and O–H groups in total. The first-order valence-electron chi connectivity index (χ1n) is 9.31. The second-order valence-electron chi connectivity index (χ2n) is 6.97. The molecule has 2 heterocycles. The predicted octanol–water partition coefficient (Wildman–Crippen LogP) is 3.38. The Hall–Kier alpha value is -2.61. The normalized spacial score (nSPS) is 14.8. The van der Waals surface area contributed by atoms with Crippen molar-refractivity contribution < 1.29 is 8.42 Å². The third kappa shape index (κ3) is 3.35. The van der Waals surface area contributed by atoms with Crippen LogP contribution < -0.4 is 10.2 Å². The molecular formula is C21H21ClN4O2S. The highest BCUT2D eigenvalue weighted by molar-refractivity contribution is 7.91. The van der Waals surface area contributed by atoms with Crippen molar-refractivity contribution in [2.45, 2.75) is 9.92 Å². The van der Waals surface area contributed by atoms with Gasteiger partial charge in [0.15, 0.2) is 5.03 Å². The van der Waals surface area contributed by atoms with Gasteiger partial charge in [-0.05, 0) is 29.7 Å². The van der Waals surface area contributed by atoms with E-state index in [0.717, 1.165) is 37.3 Å². The smallest absolute Gasteiger partial charge is 0.224 e. The number of piperazine rings is 1. The maximum atomic E-state index is 13.5. The third-order valence-corrected chi connectivity index (χ3v) is 7.08. The number of nitrogens with zero attached hydrogens (tertiary/aromatic N) is 2. The quantitative estimate of drug-likeness (QED) is 0.523. The van der Waals surface area contributed by atoms with Crippen LogP contribution in [0.15, 0.2) is 70.6 Å². The maximum absolute atomic E-state index is 13.5. The Morgan fingerprint density at radius 2 is 1.66 bits per heavy atom. The molecule has 0 saturated carbocycles. The average molecular weight is 429 g/mol. The molecule has 0 bridgehead atoms. The largest absolute Gasteiger partial charge is 0.369 e. The molecule has 1 aliphatic heterocycles. The van der Waals surface area contributed by atoms with Gasteiger partial charge in [-0.2, -0.15) is 5.10 Å². The van der Waals surface area contributed by atoms with E-state index in [2.05, 4.69) is 20.4 Å². The predicted molar refractivity (Wildman–Crippen MR) is 118 cm³/mol. The topological polar surface area (TPSA) is 78.1 Å². The molecule has 29 heavy (non-hydrogen) atoms. The zero-order valence-electron chi connectivity index (χ0n) is 15.6. The zero-order valence-corrected chi connectivity index (χ0v) is 17.3. The number of anilines is 1. The molecular weight excluding hydrogens is 408 g/mol. The first-order chi connectivity index (χ1) is 13.6. The van der Waals surface area contributed by atoms with Crippen molar-refractivity contribution in [3.8, 4) is 0 Å². The first kappa shape index (κ1) is 19.7. The Labute approximate surface area is 175 Å². The van der Waals surface area contributed by atoms with Crippen LogP contribution in [0.5, 0.6) is 0 Å². The van der Waals surface area contributed by atoms with Crippen LogP contribution in [0.2, 0.25) is 0 Å². The van der Waals surface area contributed by atoms with Gasteiger partial charge in [0.05, 0.1) is 10.4 Å². The van der Waals surface area contributed by atoms with Gasteiger partial charge >= 0.3 is 0 Å². The monoisotopic (exact) mass is 428 g/mol. The number of benzene rings is 3. The van der Waals surface area contributed by atoms with E-state index in [9.17, 15) is 8.42 Å². The number of sulfone groups is 1. The summed E-state index contributed by atoms with van der Waals surface area (Å²) < 4.78 is 27.0. The Morgan fingerprint density at radius 1 is 0.897 bits per heavy atom. The van der Waals surface area contributed by atoms with E-state index in [-0.39, 0.29) is 17.4 Å². The van der Waals surface area contributed by atoms with E-state index < -0.39 is 9.84 Å². The number of aromatic nitrogens is 2. The van der Waals surface area contributed by atoms with E-state index in [1.807, 2.05) is 48.5 Å². The molecule has 0 spiro atoms. The maximum Gasteiger partial charge on any atom is 0.224 e. The van der Waals surface area contributed by atoms with Crippen LogP contribution in [0.3, 0.4) is 0 Å². The van der Waals surface area contributed by atoms with Crippen molar-refractivity contribution in [2.75, 3.05) is 31.1 Å². The van der Waals surface area contributed by atoms with Crippen molar-refractivity contribution in [1.82, 2.24) is 15.5 Å². The van der Waals surface area contributed by atoms with Crippen LogP contribution in [0.4, 0.5) is 5.69 Å². The lowest BCUT2D eigenvalue weighted by atomic mass is 10.1. The second kappa shape index (κ2) is 7.67. The number of fused-ring (bicyclic) bond motifs is 2. The Kier molecular flexibility index (Phi) is 5.21. The SMILES string of the molecule is Cl.O=S(=O)(c1cccc2ccccc12)c1[nH]nc2ccc(N3CCNCC3)cc12. The highest BCUT2D eigenvalue weighted by Crippen LogP contribution is 2.32. The summed E-state index contributed by atoms with van der Waals surface area (Å²) in [6, 6.07) is 18.7. The summed E-state index contributed by atoms with van der Waals surface area (Å²) in [6.45, 7) is 3.64. The molecule has 0 radical (unpaired) electrons. The first-order valence-corrected chi connectivity index (χ1v) is 10.8. The molecule has 0 unspecified atom stereocenters. The number of halogens is 1. The minimum Gasteiger partial charge on any atom is -0.369 e. The van der Waals surface area contributed by atoms with Gasteiger partial charge < -0.3 is 10.2 Å². The van der Waals surface area contributed by atoms with E-state index in [4.69, 9.17) is 0 Å². The van der Waals surface area contributed by atoms with E-state index in [1.165, 1.54) is 0 Å². The Bertz CT molecular complexity index is 1280. The molecule has 5 rings (SSSR count). The molecule has 1 fully saturated rings. The van der Waals surface area contributed by atoms with Gasteiger partial charge in [-0.1, -0.05) is 36.4 Å². The fraction of sp³-hybridized carbons (Fsp3) is 0.190. The molecule has 0 aliphatic carbocycles. The number of H-pyrrole nitrogens is 1. The lowest BCUT2D eigenvalue weighted by Gasteiger charge is -2.29. The highest BCUT2D eigenvalue weighted by Gasteiger charge is 2.25. The van der Waals surface area contributed by atoms with Gasteiger partial charge in [0, 0.05) is 42.6 Å². The van der Waals surface area contributed by atoms with Gasteiger partial charge in [-0.25, -0.2) is 8.42 Å². The summed E-state index contributed by atoms with van der Waals surface area (Å²) in [6.07, 6.45) is 0. The second-order valence-corrected chi connectivity index (χ2v) is 8.83. The van der Waals surface area contributed by atoms with Crippen LogP contribution >= 0.6 is 12.4 Å². The number of rotatable bonds is 3. The molecule has 4 aromatic rings. The zero-order chi connectivity index (χ0) is 19.1. The van der Waals surface area contributed by atoms with Crippen LogP contribution in [0.25, 0.3) is 21.7 Å². The van der Waals surface area contributed by atoms with Crippen molar-refractivity contribution in [2.24, 2.45) is 0 Å². The van der Waals surface area contributed by atoms with Crippen LogP contribution in [-0.4, -0.2) is 44.8 Å². The fourth-order valence-corrected chi connectivity index (χ4v) is 5.41. The van der Waals surface area contributed by atoms with E-state index in [0.29, 0.717) is 21.2 Å². The molecule has 1 aliphatic rings. The number of hydrogen-bond acceptors (Lipinski definition) is 5. The average Bonchev–Trinajstić information content (AvgIpc) is 3.18. The Morgan fingerprint density at radius 3 is 2.48 bits per heavy atom. The summed E-state index contributed by atoms with van der Waals surface area (Å²) in [5.41, 5.74) is 1.67. The summed E-state index contributed by atoms with van der Waals surface area (Å²) in [4.78, 5) is 2.56. The summed E-state index contributed by atoms with van der Waals surface area (Å²) in [5.74, 6) is 0. The molecule has 0 amide bonds. The van der Waals surface area contributed by atoms with Gasteiger partial charge in [-0.15, -0.1) is 12.4 Å². The van der Waals surface area contributed by atoms with Crippen LogP contribution in [0, 0.1) is 0 Å². The van der Waals surface area contributed by atoms with Crippen molar-refractivity contribution in [3.63, 3.8) is 0 Å². The molecule has 1 aromatic heterocycles. The Balaban J connectivity index is 0.00000205. The van der Waals surface area contributed by atoms with Crippen molar-refractivity contribution in [3.05, 3.63) is 60.7 Å². The summed E-state index contributed by atoms with van der Waals surface area (Å²) >= 11 is 0. The van der Waals surface area contributed by atoms with Gasteiger partial charge in [0.25, 0.3) is 0 Å². The standard InChI is InChI=1S/C21H20N4O2S.ClH/c26-28(27,20-7-3-5-15-4-1-2-6-17(15)20)21-18-14-16(8-9-19(18)23-24-21)25-12-10-22-11-13-25;/h1-9,14,22H,10-13H2,(H,23,24);1H. The van der Waals surface area contributed by atoms with Gasteiger partial charge in [-0.3, -0.25) is 5.10 Å². The molecule has 150 valence electrons. The van der Waals surface area contributed by atoms with Gasteiger partial charge in [0.2, 0.25) is 9.84 Å². The number of nitrogens with one attached hydrogen (secondary N) is 2. The summed E-state index contributed by atoms with van der Waals surface area (Å²) in [7, 11) is -3.75. The molecule has 1 saturated heterocycles. The molecule has 3 aromatic carbocycles. The lowest BCUT2D eigenvalue weighted by molar-refractivity contribution is 0.589. The van der Waals surface area contributed by atoms with Crippen LogP contribution in [0.1, 0.15) is 0 Å². The lowest BCUT2D eigenvalue weighted by Crippen LogP contribution is -2.43. The fourth-order valence-electron chi connectivity index (χ4n) is 3.84. The van der Waals surface area contributed by atoms with Crippen molar-refractivity contribution >= 4 is 49.6 Å². The van der Waals surface area contributed by atoms with E-state index in [1.54, 1.807) is 12.1 Å². The molecule has 8 heteroatoms. The summed E-state index contributed by atoms with van der Waals surface area (Å²) in [5, 5.41) is 12.7. The van der Waals surface area contributed by atoms with Gasteiger partial charge in [0.1, 0.15) is 0 Å². The minimum atomic E-state index is -3.75. The number of aromatic amines is 1. The molecule has 6 nitrogen and oxygen atoms in total. The van der Waals surface area contributed by atoms with Crippen LogP contribution in [-0.2, 0) is 9.84 Å².